The number of fused-ring (bicyclic) bond motifs is 1. The van der Waals surface area contributed by atoms with Crippen LogP contribution in [0.2, 0.25) is 10.0 Å². The van der Waals surface area contributed by atoms with Gasteiger partial charge in [0.15, 0.2) is 0 Å². The van der Waals surface area contributed by atoms with Crippen molar-refractivity contribution in [3.8, 4) is 0 Å². The number of carbonyl (C=O) groups excluding carboxylic acids is 1. The van der Waals surface area contributed by atoms with E-state index in [2.05, 4.69) is 10.6 Å². The fourth-order valence-corrected chi connectivity index (χ4v) is 3.77. The van der Waals surface area contributed by atoms with Crippen LogP contribution in [0.25, 0.3) is 0 Å². The van der Waals surface area contributed by atoms with E-state index in [4.69, 9.17) is 23.2 Å². The number of carboxylic acids is 1. The first-order chi connectivity index (χ1) is 12.4. The smallest absolute Gasteiger partial charge is 0.326 e. The first-order valence-corrected chi connectivity index (χ1v) is 8.96. The van der Waals surface area contributed by atoms with Crippen molar-refractivity contribution in [3.63, 3.8) is 0 Å². The number of rotatable bonds is 4. The van der Waals surface area contributed by atoms with Gasteiger partial charge in [-0.25, -0.2) is 4.79 Å². The van der Waals surface area contributed by atoms with Gasteiger partial charge in [0.05, 0.1) is 12.0 Å². The Balaban J connectivity index is 1.89. The summed E-state index contributed by atoms with van der Waals surface area (Å²) >= 11 is 12.4. The molecule has 0 bridgehead atoms. The summed E-state index contributed by atoms with van der Waals surface area (Å²) in [6.45, 7) is 1.81. The maximum Gasteiger partial charge on any atom is 0.326 e. The highest BCUT2D eigenvalue weighted by Crippen LogP contribution is 2.40. The van der Waals surface area contributed by atoms with Crippen LogP contribution in [0.15, 0.2) is 42.5 Å². The van der Waals surface area contributed by atoms with E-state index in [1.807, 2.05) is 37.3 Å². The number of carboxylic acid groups (broad SMARTS) is 1. The fourth-order valence-electron chi connectivity index (χ4n) is 3.14. The molecule has 0 fully saturated rings. The second-order valence-electron chi connectivity index (χ2n) is 6.31. The Kier molecular flexibility index (Phi) is 5.39. The fraction of sp³-hybridized carbons (Fsp3) is 0.263. The van der Waals surface area contributed by atoms with Crippen LogP contribution in [-0.2, 0) is 9.59 Å². The quantitative estimate of drug-likeness (QED) is 0.727. The molecule has 0 aliphatic carbocycles. The minimum absolute atomic E-state index is 0.191. The lowest BCUT2D eigenvalue weighted by molar-refractivity contribution is -0.138. The van der Waals surface area contributed by atoms with E-state index < -0.39 is 18.1 Å². The van der Waals surface area contributed by atoms with Crippen molar-refractivity contribution in [1.29, 1.82) is 0 Å². The zero-order valence-corrected chi connectivity index (χ0v) is 15.5. The highest BCUT2D eigenvalue weighted by molar-refractivity contribution is 6.35. The van der Waals surface area contributed by atoms with Gasteiger partial charge in [-0.15, -0.1) is 0 Å². The minimum Gasteiger partial charge on any atom is -0.480 e. The van der Waals surface area contributed by atoms with Crippen molar-refractivity contribution in [2.24, 2.45) is 0 Å². The van der Waals surface area contributed by atoms with Gasteiger partial charge in [-0.05, 0) is 24.6 Å². The Morgan fingerprint density at radius 1 is 1.23 bits per heavy atom. The maximum absolute atomic E-state index is 12.7. The molecule has 5 nitrogen and oxygen atoms in total. The molecule has 1 aliphatic heterocycles. The molecule has 7 heteroatoms. The van der Waals surface area contributed by atoms with E-state index >= 15 is 0 Å². The van der Waals surface area contributed by atoms with Crippen LogP contribution in [-0.4, -0.2) is 23.0 Å². The number of anilines is 1. The summed E-state index contributed by atoms with van der Waals surface area (Å²) < 4.78 is 0. The van der Waals surface area contributed by atoms with Crippen LogP contribution in [0.5, 0.6) is 0 Å². The molecular weight excluding hydrogens is 375 g/mol. The highest BCUT2D eigenvalue weighted by Gasteiger charge is 2.34. The third-order valence-corrected chi connectivity index (χ3v) is 5.08. The summed E-state index contributed by atoms with van der Waals surface area (Å²) in [6, 6.07) is 11.3. The van der Waals surface area contributed by atoms with Gasteiger partial charge >= 0.3 is 5.97 Å². The van der Waals surface area contributed by atoms with Crippen LogP contribution in [0.3, 0.4) is 0 Å². The van der Waals surface area contributed by atoms with Gasteiger partial charge < -0.3 is 15.7 Å². The van der Waals surface area contributed by atoms with E-state index in [1.54, 1.807) is 12.1 Å². The minimum atomic E-state index is -0.998. The standard InChI is InChI=1S/C19H18Cl2N2O3/c1-10(11-5-3-2-4-6-11)18(24)23-15-9-16(19(25)26)22-14-8-12(20)7-13(21)17(14)15/h2-8,10,15-16,22H,9H2,1H3,(H,23,24)(H,25,26)/t10?,15-,16+/m0/s1. The lowest BCUT2D eigenvalue weighted by Crippen LogP contribution is -2.42. The summed E-state index contributed by atoms with van der Waals surface area (Å²) in [6.07, 6.45) is 0.191. The molecule has 3 N–H and O–H groups in total. The second kappa shape index (κ2) is 7.56. The number of nitrogens with one attached hydrogen (secondary N) is 2. The Labute approximate surface area is 161 Å². The number of benzene rings is 2. The highest BCUT2D eigenvalue weighted by atomic mass is 35.5. The van der Waals surface area contributed by atoms with Crippen molar-refractivity contribution >= 4 is 40.8 Å². The average Bonchev–Trinajstić information content (AvgIpc) is 2.60. The molecule has 3 atom stereocenters. The lowest BCUT2D eigenvalue weighted by Gasteiger charge is -2.33. The molecule has 0 aromatic heterocycles. The molecule has 1 heterocycles. The molecule has 0 saturated heterocycles. The molecule has 2 aromatic carbocycles. The van der Waals surface area contributed by atoms with Crippen LogP contribution in [0, 0.1) is 0 Å². The SMILES string of the molecule is CC(C(=O)N[C@H]1C[C@H](C(=O)O)Nc2cc(Cl)cc(Cl)c21)c1ccccc1. The van der Waals surface area contributed by atoms with E-state index in [0.717, 1.165) is 5.56 Å². The van der Waals surface area contributed by atoms with Crippen LogP contribution >= 0.6 is 23.2 Å². The second-order valence-corrected chi connectivity index (χ2v) is 7.16. The summed E-state index contributed by atoms with van der Waals surface area (Å²) in [5.41, 5.74) is 2.07. The Morgan fingerprint density at radius 3 is 2.58 bits per heavy atom. The van der Waals surface area contributed by atoms with Gasteiger partial charge in [-0.2, -0.15) is 0 Å². The van der Waals surface area contributed by atoms with Gasteiger partial charge in [-0.3, -0.25) is 4.79 Å². The van der Waals surface area contributed by atoms with E-state index in [-0.39, 0.29) is 18.2 Å². The summed E-state index contributed by atoms with van der Waals surface area (Å²) in [4.78, 5) is 24.2. The number of amides is 1. The van der Waals surface area contributed by atoms with E-state index in [0.29, 0.717) is 21.3 Å². The van der Waals surface area contributed by atoms with E-state index in [9.17, 15) is 14.7 Å². The Hall–Kier alpha value is -2.24. The molecule has 0 spiro atoms. The molecule has 0 saturated carbocycles. The summed E-state index contributed by atoms with van der Waals surface area (Å²) in [5, 5.41) is 16.1. The molecule has 2 aromatic rings. The third-order valence-electron chi connectivity index (χ3n) is 4.55. The summed E-state index contributed by atoms with van der Waals surface area (Å²) in [5.74, 6) is -1.56. The molecule has 1 amide bonds. The molecule has 0 radical (unpaired) electrons. The molecular formula is C19H18Cl2N2O3. The van der Waals surface area contributed by atoms with Crippen molar-refractivity contribution in [2.75, 3.05) is 5.32 Å². The van der Waals surface area contributed by atoms with Gasteiger partial charge in [0.25, 0.3) is 0 Å². The normalized spacial score (nSPS) is 19.8. The van der Waals surface area contributed by atoms with Gasteiger partial charge in [0.2, 0.25) is 5.91 Å². The zero-order valence-electron chi connectivity index (χ0n) is 14.0. The largest absolute Gasteiger partial charge is 0.480 e. The van der Waals surface area contributed by atoms with Crippen molar-refractivity contribution in [2.45, 2.75) is 31.3 Å². The van der Waals surface area contributed by atoms with E-state index in [1.165, 1.54) is 0 Å². The first-order valence-electron chi connectivity index (χ1n) is 8.20. The van der Waals surface area contributed by atoms with Crippen molar-refractivity contribution < 1.29 is 14.7 Å². The number of aliphatic carboxylic acids is 1. The monoisotopic (exact) mass is 392 g/mol. The van der Waals surface area contributed by atoms with Gasteiger partial charge in [0, 0.05) is 27.7 Å². The number of hydrogen-bond donors (Lipinski definition) is 3. The number of hydrogen-bond acceptors (Lipinski definition) is 3. The van der Waals surface area contributed by atoms with Crippen LogP contribution in [0.1, 0.15) is 36.4 Å². The predicted octanol–water partition coefficient (Wildman–Crippen LogP) is 4.22. The Morgan fingerprint density at radius 2 is 1.92 bits per heavy atom. The van der Waals surface area contributed by atoms with Crippen molar-refractivity contribution in [1.82, 2.24) is 5.32 Å². The molecule has 136 valence electrons. The average molecular weight is 393 g/mol. The molecule has 26 heavy (non-hydrogen) atoms. The molecule has 1 aliphatic rings. The van der Waals surface area contributed by atoms with Crippen LogP contribution in [0.4, 0.5) is 5.69 Å². The number of carbonyl (C=O) groups is 2. The van der Waals surface area contributed by atoms with Crippen molar-refractivity contribution in [3.05, 3.63) is 63.6 Å². The summed E-state index contributed by atoms with van der Waals surface area (Å²) in [7, 11) is 0. The van der Waals surface area contributed by atoms with Crippen LogP contribution < -0.4 is 10.6 Å². The zero-order chi connectivity index (χ0) is 18.8. The molecule has 1 unspecified atom stereocenters. The maximum atomic E-state index is 12.7. The number of halogens is 2. The van der Waals surface area contributed by atoms with Gasteiger partial charge in [0.1, 0.15) is 6.04 Å². The predicted molar refractivity (Wildman–Crippen MR) is 102 cm³/mol. The van der Waals surface area contributed by atoms with Gasteiger partial charge in [-0.1, -0.05) is 53.5 Å². The third kappa shape index (κ3) is 3.79. The Bertz CT molecular complexity index is 842. The first kappa shape index (κ1) is 18.5. The topological polar surface area (TPSA) is 78.4 Å². The lowest BCUT2D eigenvalue weighted by atomic mass is 9.91. The molecule has 3 rings (SSSR count).